The second kappa shape index (κ2) is 7.03. The Morgan fingerprint density at radius 1 is 1.57 bits per heavy atom. The molecule has 9 heteroatoms. The molecule has 1 aliphatic heterocycles. The van der Waals surface area contributed by atoms with Crippen LogP contribution in [0.25, 0.3) is 10.4 Å². The summed E-state index contributed by atoms with van der Waals surface area (Å²) in [5.41, 5.74) is 8.64. The van der Waals surface area contributed by atoms with Gasteiger partial charge in [0.2, 0.25) is 6.79 Å². The van der Waals surface area contributed by atoms with E-state index >= 15 is 0 Å². The third-order valence-electron chi connectivity index (χ3n) is 2.88. The molecule has 21 heavy (non-hydrogen) atoms. The first-order valence-electron chi connectivity index (χ1n) is 6.19. The molecule has 1 atom stereocenters. The van der Waals surface area contributed by atoms with E-state index in [1.54, 1.807) is 6.07 Å². The van der Waals surface area contributed by atoms with Crippen LogP contribution in [0.5, 0.6) is 11.5 Å². The number of carboxylic acid groups (broad SMARTS) is 1. The molecule has 0 bridgehead atoms. The Balaban J connectivity index is 2.09. The van der Waals surface area contributed by atoms with Gasteiger partial charge in [0.15, 0.2) is 11.5 Å². The van der Waals surface area contributed by atoms with Crippen LogP contribution in [0.2, 0.25) is 5.02 Å². The predicted molar refractivity (Wildman–Crippen MR) is 74.6 cm³/mol. The summed E-state index contributed by atoms with van der Waals surface area (Å²) < 4.78 is 10.4. The zero-order chi connectivity index (χ0) is 15.2. The SMILES string of the molecule is [N-]=[N+]=NCCCNC(C(=O)O)c1cc(Cl)c2c(c1)OCO2. The van der Waals surface area contributed by atoms with Gasteiger partial charge < -0.3 is 19.9 Å². The van der Waals surface area contributed by atoms with Crippen molar-refractivity contribution < 1.29 is 19.4 Å². The van der Waals surface area contributed by atoms with Gasteiger partial charge >= 0.3 is 5.97 Å². The fourth-order valence-electron chi connectivity index (χ4n) is 1.94. The van der Waals surface area contributed by atoms with Crippen molar-refractivity contribution >= 4 is 17.6 Å². The Kier molecular flexibility index (Phi) is 5.10. The summed E-state index contributed by atoms with van der Waals surface area (Å²) in [7, 11) is 0. The van der Waals surface area contributed by atoms with Crippen molar-refractivity contribution in [3.63, 3.8) is 0 Å². The number of rotatable bonds is 7. The fraction of sp³-hybridized carbons (Fsp3) is 0.417. The molecule has 0 fully saturated rings. The summed E-state index contributed by atoms with van der Waals surface area (Å²) in [5, 5.41) is 15.9. The minimum absolute atomic E-state index is 0.0653. The van der Waals surface area contributed by atoms with Crippen LogP contribution in [-0.2, 0) is 4.79 Å². The highest BCUT2D eigenvalue weighted by Crippen LogP contribution is 2.41. The zero-order valence-electron chi connectivity index (χ0n) is 11.0. The molecule has 0 saturated carbocycles. The van der Waals surface area contributed by atoms with Crippen LogP contribution >= 0.6 is 11.6 Å². The summed E-state index contributed by atoms with van der Waals surface area (Å²) in [6.07, 6.45) is 0.534. The number of ether oxygens (including phenoxy) is 2. The highest BCUT2D eigenvalue weighted by molar-refractivity contribution is 6.32. The van der Waals surface area contributed by atoms with E-state index in [2.05, 4.69) is 15.3 Å². The van der Waals surface area contributed by atoms with Gasteiger partial charge in [0, 0.05) is 11.5 Å². The lowest BCUT2D eigenvalue weighted by Gasteiger charge is -2.15. The van der Waals surface area contributed by atoms with Crippen LogP contribution in [0.15, 0.2) is 17.2 Å². The number of hydrogen-bond donors (Lipinski definition) is 2. The van der Waals surface area contributed by atoms with E-state index in [9.17, 15) is 9.90 Å². The Hall–Kier alpha value is -2.15. The van der Waals surface area contributed by atoms with Gasteiger partial charge in [0.1, 0.15) is 6.04 Å². The molecular formula is C12H13ClN4O4. The van der Waals surface area contributed by atoms with Gasteiger partial charge in [0.25, 0.3) is 0 Å². The van der Waals surface area contributed by atoms with E-state index < -0.39 is 12.0 Å². The number of azide groups is 1. The molecule has 2 rings (SSSR count). The van der Waals surface area contributed by atoms with Gasteiger partial charge in [-0.2, -0.15) is 0 Å². The number of benzene rings is 1. The second-order valence-corrected chi connectivity index (χ2v) is 4.68. The van der Waals surface area contributed by atoms with Crippen LogP contribution in [0.4, 0.5) is 0 Å². The minimum Gasteiger partial charge on any atom is -0.480 e. The summed E-state index contributed by atoms with van der Waals surface area (Å²) >= 11 is 6.05. The molecule has 1 unspecified atom stereocenters. The van der Waals surface area contributed by atoms with Crippen molar-refractivity contribution in [1.29, 1.82) is 0 Å². The van der Waals surface area contributed by atoms with E-state index in [-0.39, 0.29) is 6.79 Å². The molecule has 1 aromatic carbocycles. The Morgan fingerprint density at radius 2 is 2.38 bits per heavy atom. The molecule has 1 heterocycles. The first-order chi connectivity index (χ1) is 10.1. The number of carbonyl (C=O) groups is 1. The average molecular weight is 313 g/mol. The smallest absolute Gasteiger partial charge is 0.325 e. The van der Waals surface area contributed by atoms with E-state index in [4.69, 9.17) is 26.6 Å². The maximum atomic E-state index is 11.4. The summed E-state index contributed by atoms with van der Waals surface area (Å²) in [5.74, 6) is -0.179. The van der Waals surface area contributed by atoms with Gasteiger partial charge in [-0.15, -0.1) is 0 Å². The minimum atomic E-state index is -1.03. The number of carboxylic acids is 1. The Morgan fingerprint density at radius 3 is 3.10 bits per heavy atom. The number of halogens is 1. The Labute approximate surface area is 125 Å². The van der Waals surface area contributed by atoms with Gasteiger partial charge in [0.05, 0.1) is 5.02 Å². The largest absolute Gasteiger partial charge is 0.480 e. The monoisotopic (exact) mass is 312 g/mol. The number of nitrogens with one attached hydrogen (secondary N) is 1. The molecule has 0 spiro atoms. The fourth-order valence-corrected chi connectivity index (χ4v) is 2.22. The van der Waals surface area contributed by atoms with Gasteiger partial charge in [-0.1, -0.05) is 16.7 Å². The number of aliphatic carboxylic acids is 1. The zero-order valence-corrected chi connectivity index (χ0v) is 11.7. The van der Waals surface area contributed by atoms with Gasteiger partial charge in [-0.3, -0.25) is 4.79 Å². The summed E-state index contributed by atoms with van der Waals surface area (Å²) in [6.45, 7) is 0.760. The lowest BCUT2D eigenvalue weighted by atomic mass is 10.1. The van der Waals surface area contributed by atoms with Crippen LogP contribution in [0, 0.1) is 0 Å². The molecule has 0 aromatic heterocycles. The third-order valence-corrected chi connectivity index (χ3v) is 3.16. The summed E-state index contributed by atoms with van der Waals surface area (Å²) in [6, 6.07) is 2.20. The molecule has 0 amide bonds. The molecule has 0 aliphatic carbocycles. The topological polar surface area (TPSA) is 117 Å². The molecule has 2 N–H and O–H groups in total. The quantitative estimate of drug-likeness (QED) is 0.347. The summed E-state index contributed by atoms with van der Waals surface area (Å²) in [4.78, 5) is 14.0. The van der Waals surface area contributed by atoms with Crippen molar-refractivity contribution in [2.45, 2.75) is 12.5 Å². The van der Waals surface area contributed by atoms with Crippen molar-refractivity contribution in [2.75, 3.05) is 19.9 Å². The highest BCUT2D eigenvalue weighted by atomic mass is 35.5. The molecule has 0 saturated heterocycles. The first-order valence-corrected chi connectivity index (χ1v) is 6.57. The number of nitrogens with zero attached hydrogens (tertiary/aromatic N) is 3. The first kappa shape index (κ1) is 15.2. The third kappa shape index (κ3) is 3.69. The van der Waals surface area contributed by atoms with Crippen LogP contribution in [0.3, 0.4) is 0 Å². The van der Waals surface area contributed by atoms with Crippen molar-refractivity contribution in [3.05, 3.63) is 33.2 Å². The lowest BCUT2D eigenvalue weighted by Crippen LogP contribution is -2.29. The number of fused-ring (bicyclic) bond motifs is 1. The maximum absolute atomic E-state index is 11.4. The van der Waals surface area contributed by atoms with Crippen LogP contribution in [-0.4, -0.2) is 31.0 Å². The van der Waals surface area contributed by atoms with Crippen molar-refractivity contribution in [3.8, 4) is 11.5 Å². The maximum Gasteiger partial charge on any atom is 0.325 e. The highest BCUT2D eigenvalue weighted by Gasteiger charge is 2.25. The standard InChI is InChI=1S/C12H13ClN4O4/c13-8-4-7(5-9-11(8)21-6-20-9)10(12(18)19)15-2-1-3-16-17-14/h4-5,10,15H,1-3,6H2,(H,18,19). The van der Waals surface area contributed by atoms with Crippen molar-refractivity contribution in [1.82, 2.24) is 5.32 Å². The van der Waals surface area contributed by atoms with E-state index in [1.165, 1.54) is 6.07 Å². The Bertz CT molecular complexity index is 589. The molecule has 1 aromatic rings. The second-order valence-electron chi connectivity index (χ2n) is 4.27. The van der Waals surface area contributed by atoms with E-state index in [1.807, 2.05) is 0 Å². The average Bonchev–Trinajstić information content (AvgIpc) is 2.91. The van der Waals surface area contributed by atoms with Crippen LogP contribution < -0.4 is 14.8 Å². The molecule has 0 radical (unpaired) electrons. The predicted octanol–water partition coefficient (Wildman–Crippen LogP) is 2.48. The van der Waals surface area contributed by atoms with Gasteiger partial charge in [-0.05, 0) is 36.2 Å². The van der Waals surface area contributed by atoms with Crippen molar-refractivity contribution in [2.24, 2.45) is 5.11 Å². The van der Waals surface area contributed by atoms with E-state index in [0.717, 1.165) is 0 Å². The molecular weight excluding hydrogens is 300 g/mol. The molecule has 8 nitrogen and oxygen atoms in total. The normalized spacial score (nSPS) is 13.6. The van der Waals surface area contributed by atoms with Gasteiger partial charge in [-0.25, -0.2) is 0 Å². The number of hydrogen-bond acceptors (Lipinski definition) is 5. The lowest BCUT2D eigenvalue weighted by molar-refractivity contribution is -0.139. The van der Waals surface area contributed by atoms with E-state index in [0.29, 0.717) is 41.6 Å². The van der Waals surface area contributed by atoms with Crippen LogP contribution in [0.1, 0.15) is 18.0 Å². The molecule has 112 valence electrons. The molecule has 1 aliphatic rings.